The van der Waals surface area contributed by atoms with Gasteiger partial charge in [-0.3, -0.25) is 0 Å². The van der Waals surface area contributed by atoms with Crippen LogP contribution in [0.4, 0.5) is 4.39 Å². The van der Waals surface area contributed by atoms with E-state index < -0.39 is 0 Å². The second-order valence-corrected chi connectivity index (χ2v) is 4.36. The predicted octanol–water partition coefficient (Wildman–Crippen LogP) is 4.06. The molecule has 0 radical (unpaired) electrons. The number of hydrogen-bond donors (Lipinski definition) is 1. The third-order valence-corrected chi connectivity index (χ3v) is 3.26. The topological polar surface area (TPSA) is 25.2 Å². The van der Waals surface area contributed by atoms with E-state index in [9.17, 15) is 4.39 Å². The van der Waals surface area contributed by atoms with Crippen molar-refractivity contribution in [3.8, 4) is 11.3 Å². The fourth-order valence-corrected chi connectivity index (χ4v) is 2.11. The van der Waals surface area contributed by atoms with Gasteiger partial charge in [-0.15, -0.1) is 0 Å². The molecule has 0 saturated heterocycles. The van der Waals surface area contributed by atoms with E-state index in [2.05, 4.69) is 12.2 Å². The van der Waals surface area contributed by atoms with Crippen molar-refractivity contribution in [2.45, 2.75) is 26.3 Å². The second-order valence-electron chi connectivity index (χ2n) is 4.36. The number of rotatable bonds is 4. The molecule has 0 fully saturated rings. The molecule has 0 aliphatic heterocycles. The van der Waals surface area contributed by atoms with Gasteiger partial charge in [0.1, 0.15) is 17.3 Å². The first-order valence-corrected chi connectivity index (χ1v) is 6.19. The lowest BCUT2D eigenvalue weighted by molar-refractivity contribution is 0.431. The maximum atomic E-state index is 13.5. The summed E-state index contributed by atoms with van der Waals surface area (Å²) < 4.78 is 19.3. The van der Waals surface area contributed by atoms with Crippen LogP contribution in [-0.2, 0) is 0 Å². The van der Waals surface area contributed by atoms with Crippen LogP contribution in [0.15, 0.2) is 34.7 Å². The summed E-state index contributed by atoms with van der Waals surface area (Å²) in [5, 5.41) is 3.19. The molecule has 2 rings (SSSR count). The van der Waals surface area contributed by atoms with Crippen molar-refractivity contribution in [3.05, 3.63) is 47.5 Å². The third kappa shape index (κ3) is 2.31. The second kappa shape index (κ2) is 5.36. The fourth-order valence-electron chi connectivity index (χ4n) is 2.11. The van der Waals surface area contributed by atoms with Crippen molar-refractivity contribution in [2.24, 2.45) is 0 Å². The lowest BCUT2D eigenvalue weighted by Gasteiger charge is -2.10. The molecule has 1 heterocycles. The largest absolute Gasteiger partial charge is 0.459 e. The Balaban J connectivity index is 2.38. The molecule has 1 aromatic heterocycles. The molecule has 0 aliphatic rings. The van der Waals surface area contributed by atoms with Crippen molar-refractivity contribution in [1.82, 2.24) is 5.32 Å². The molecule has 0 amide bonds. The van der Waals surface area contributed by atoms with Gasteiger partial charge in [0.25, 0.3) is 0 Å². The molecule has 96 valence electrons. The Morgan fingerprint density at radius 1 is 1.28 bits per heavy atom. The smallest absolute Gasteiger partial charge is 0.134 e. The Kier molecular flexibility index (Phi) is 3.82. The molecule has 1 atom stereocenters. The number of furan rings is 1. The first-order chi connectivity index (χ1) is 8.67. The molecular formula is C15H18FNO. The number of hydrogen-bond acceptors (Lipinski definition) is 2. The maximum absolute atomic E-state index is 13.5. The van der Waals surface area contributed by atoms with Crippen LogP contribution in [-0.4, -0.2) is 7.05 Å². The molecule has 18 heavy (non-hydrogen) atoms. The molecule has 0 bridgehead atoms. The monoisotopic (exact) mass is 247 g/mol. The summed E-state index contributed by atoms with van der Waals surface area (Å²) in [5.74, 6) is 1.40. The van der Waals surface area contributed by atoms with Gasteiger partial charge in [-0.2, -0.15) is 0 Å². The molecule has 0 aliphatic carbocycles. The zero-order valence-corrected chi connectivity index (χ0v) is 11.0. The first kappa shape index (κ1) is 12.8. The zero-order valence-electron chi connectivity index (χ0n) is 11.0. The Hall–Kier alpha value is -1.61. The fraction of sp³-hybridized carbons (Fsp3) is 0.333. The van der Waals surface area contributed by atoms with Gasteiger partial charge in [0, 0.05) is 5.56 Å². The van der Waals surface area contributed by atoms with Crippen molar-refractivity contribution in [2.75, 3.05) is 7.05 Å². The van der Waals surface area contributed by atoms with E-state index >= 15 is 0 Å². The molecule has 1 unspecified atom stereocenters. The van der Waals surface area contributed by atoms with Gasteiger partial charge in [0.05, 0.1) is 6.04 Å². The maximum Gasteiger partial charge on any atom is 0.134 e. The Morgan fingerprint density at radius 3 is 2.72 bits per heavy atom. The van der Waals surface area contributed by atoms with Crippen LogP contribution in [0.3, 0.4) is 0 Å². The number of halogens is 1. The van der Waals surface area contributed by atoms with E-state index in [1.54, 1.807) is 13.0 Å². The van der Waals surface area contributed by atoms with Crippen molar-refractivity contribution in [1.29, 1.82) is 0 Å². The van der Waals surface area contributed by atoms with Crippen LogP contribution in [0.1, 0.15) is 30.7 Å². The lowest BCUT2D eigenvalue weighted by atomic mass is 10.1. The summed E-state index contributed by atoms with van der Waals surface area (Å²) in [6, 6.07) is 9.09. The van der Waals surface area contributed by atoms with Gasteiger partial charge < -0.3 is 9.73 Å². The third-order valence-electron chi connectivity index (χ3n) is 3.26. The molecular weight excluding hydrogens is 229 g/mol. The summed E-state index contributed by atoms with van der Waals surface area (Å²) in [6.45, 7) is 3.86. The van der Waals surface area contributed by atoms with Crippen LogP contribution in [0.25, 0.3) is 11.3 Å². The van der Waals surface area contributed by atoms with Crippen LogP contribution in [0.2, 0.25) is 0 Å². The highest BCUT2D eigenvalue weighted by atomic mass is 19.1. The standard InChI is InChI=1S/C15H18FNO/c1-4-13(17-3)15-9-8-14(18-15)11-6-5-7-12(16)10(11)2/h5-9,13,17H,4H2,1-3H3. The SMILES string of the molecule is CCC(NC)c1ccc(-c2cccc(F)c2C)o1. The van der Waals surface area contributed by atoms with E-state index in [0.29, 0.717) is 5.56 Å². The highest BCUT2D eigenvalue weighted by Crippen LogP contribution is 2.29. The average molecular weight is 247 g/mol. The van der Waals surface area contributed by atoms with Crippen LogP contribution in [0, 0.1) is 12.7 Å². The minimum absolute atomic E-state index is 0.201. The van der Waals surface area contributed by atoms with Gasteiger partial charge in [-0.25, -0.2) is 4.39 Å². The van der Waals surface area contributed by atoms with Crippen LogP contribution < -0.4 is 5.32 Å². The summed E-state index contributed by atoms with van der Waals surface area (Å²) in [4.78, 5) is 0. The van der Waals surface area contributed by atoms with Crippen LogP contribution in [0.5, 0.6) is 0 Å². The van der Waals surface area contributed by atoms with E-state index in [1.165, 1.54) is 6.07 Å². The number of benzene rings is 1. The molecule has 3 heteroatoms. The van der Waals surface area contributed by atoms with Crippen molar-refractivity contribution >= 4 is 0 Å². The minimum atomic E-state index is -0.203. The Bertz CT molecular complexity index is 529. The zero-order chi connectivity index (χ0) is 13.1. The minimum Gasteiger partial charge on any atom is -0.459 e. The molecule has 1 aromatic carbocycles. The van der Waals surface area contributed by atoms with E-state index in [1.807, 2.05) is 25.2 Å². The van der Waals surface area contributed by atoms with E-state index in [4.69, 9.17) is 4.42 Å². The van der Waals surface area contributed by atoms with Crippen molar-refractivity contribution in [3.63, 3.8) is 0 Å². The molecule has 2 nitrogen and oxygen atoms in total. The van der Waals surface area contributed by atoms with E-state index in [-0.39, 0.29) is 11.9 Å². The summed E-state index contributed by atoms with van der Waals surface area (Å²) >= 11 is 0. The Labute approximate surface area is 107 Å². The van der Waals surface area contributed by atoms with E-state index in [0.717, 1.165) is 23.5 Å². The van der Waals surface area contributed by atoms with Crippen molar-refractivity contribution < 1.29 is 8.81 Å². The molecule has 1 N–H and O–H groups in total. The van der Waals surface area contributed by atoms with Gasteiger partial charge in [0.2, 0.25) is 0 Å². The predicted molar refractivity (Wildman–Crippen MR) is 70.9 cm³/mol. The highest BCUT2D eigenvalue weighted by molar-refractivity contribution is 5.62. The quantitative estimate of drug-likeness (QED) is 0.881. The average Bonchev–Trinajstić information content (AvgIpc) is 2.84. The normalized spacial score (nSPS) is 12.7. The summed E-state index contributed by atoms with van der Waals surface area (Å²) in [6.07, 6.45) is 0.950. The highest BCUT2D eigenvalue weighted by Gasteiger charge is 2.14. The molecule has 0 spiro atoms. The van der Waals surface area contributed by atoms with Gasteiger partial charge in [-0.05, 0) is 44.2 Å². The molecule has 2 aromatic rings. The number of nitrogens with one attached hydrogen (secondary N) is 1. The first-order valence-electron chi connectivity index (χ1n) is 6.19. The van der Waals surface area contributed by atoms with Crippen LogP contribution >= 0.6 is 0 Å². The lowest BCUT2D eigenvalue weighted by Crippen LogP contribution is -2.14. The van der Waals surface area contributed by atoms with Gasteiger partial charge >= 0.3 is 0 Å². The van der Waals surface area contributed by atoms with Gasteiger partial charge in [-0.1, -0.05) is 19.1 Å². The van der Waals surface area contributed by atoms with Gasteiger partial charge in [0.15, 0.2) is 0 Å². The summed E-state index contributed by atoms with van der Waals surface area (Å²) in [7, 11) is 1.91. The molecule has 0 saturated carbocycles. The summed E-state index contributed by atoms with van der Waals surface area (Å²) in [5.41, 5.74) is 1.43. The Morgan fingerprint density at radius 2 is 2.06 bits per heavy atom.